The molecule has 0 bridgehead atoms. The van der Waals surface area contributed by atoms with Gasteiger partial charge >= 0.3 is 11.9 Å². The Morgan fingerprint density at radius 1 is 1.24 bits per heavy atom. The third-order valence-electron chi connectivity index (χ3n) is 5.94. The number of rotatable bonds is 10. The van der Waals surface area contributed by atoms with Crippen LogP contribution < -0.4 is 0 Å². The van der Waals surface area contributed by atoms with Gasteiger partial charge < -0.3 is 23.8 Å². The highest BCUT2D eigenvalue weighted by Crippen LogP contribution is 2.35. The first-order valence-electron chi connectivity index (χ1n) is 11.8. The van der Waals surface area contributed by atoms with E-state index in [0.29, 0.717) is 25.8 Å². The van der Waals surface area contributed by atoms with Crippen LogP contribution in [0.1, 0.15) is 60.8 Å². The molecule has 0 aromatic rings. The zero-order valence-electron chi connectivity index (χ0n) is 21.3. The van der Waals surface area contributed by atoms with Crippen LogP contribution in [0.5, 0.6) is 0 Å². The molecule has 10 heteroatoms. The highest BCUT2D eigenvalue weighted by molar-refractivity contribution is 6.02. The van der Waals surface area contributed by atoms with Gasteiger partial charge in [-0.15, -0.1) is 0 Å². The summed E-state index contributed by atoms with van der Waals surface area (Å²) < 4.78 is 21.5. The molecule has 2 amide bonds. The van der Waals surface area contributed by atoms with Crippen molar-refractivity contribution in [2.45, 2.75) is 84.2 Å². The minimum atomic E-state index is -1.95. The molecule has 192 valence electrons. The summed E-state index contributed by atoms with van der Waals surface area (Å²) in [5.74, 6) is -2.65. The van der Waals surface area contributed by atoms with Gasteiger partial charge in [0.1, 0.15) is 24.5 Å². The van der Waals surface area contributed by atoms with Gasteiger partial charge in [-0.2, -0.15) is 0 Å². The summed E-state index contributed by atoms with van der Waals surface area (Å²) in [4.78, 5) is 55.6. The average Bonchev–Trinajstić information content (AvgIpc) is 3.38. The van der Waals surface area contributed by atoms with Gasteiger partial charge in [0.05, 0.1) is 6.61 Å². The lowest BCUT2D eigenvalue weighted by Gasteiger charge is -2.43. The van der Waals surface area contributed by atoms with Crippen LogP contribution in [0.4, 0.5) is 0 Å². The molecule has 0 unspecified atom stereocenters. The van der Waals surface area contributed by atoms with Gasteiger partial charge in [-0.1, -0.05) is 20.3 Å². The van der Waals surface area contributed by atoms with E-state index < -0.39 is 47.2 Å². The number of amides is 2. The highest BCUT2D eigenvalue weighted by atomic mass is 16.7. The van der Waals surface area contributed by atoms with Crippen LogP contribution in [0.25, 0.3) is 0 Å². The molecule has 0 N–H and O–H groups in total. The van der Waals surface area contributed by atoms with E-state index in [1.54, 1.807) is 27.7 Å². The number of carbonyl (C=O) groups is 4. The largest absolute Gasteiger partial charge is 0.462 e. The number of esters is 2. The summed E-state index contributed by atoms with van der Waals surface area (Å²) in [7, 11) is 1.39. The number of methoxy groups -OCH3 is 1. The second kappa shape index (κ2) is 11.3. The minimum Gasteiger partial charge on any atom is -0.462 e. The van der Waals surface area contributed by atoms with E-state index in [0.717, 1.165) is 4.90 Å². The minimum absolute atomic E-state index is 0.0571. The van der Waals surface area contributed by atoms with Crippen molar-refractivity contribution in [1.29, 1.82) is 0 Å². The van der Waals surface area contributed by atoms with Crippen LogP contribution >= 0.6 is 0 Å². The van der Waals surface area contributed by atoms with Crippen LogP contribution in [0, 0.1) is 5.92 Å². The molecule has 0 aromatic carbocycles. The van der Waals surface area contributed by atoms with Crippen molar-refractivity contribution in [3.8, 4) is 0 Å². The van der Waals surface area contributed by atoms with Gasteiger partial charge in [0.2, 0.25) is 11.8 Å². The zero-order valence-corrected chi connectivity index (χ0v) is 21.3. The summed E-state index contributed by atoms with van der Waals surface area (Å²) in [5, 5.41) is 0. The molecule has 0 saturated carbocycles. The topological polar surface area (TPSA) is 112 Å². The lowest BCUT2D eigenvalue weighted by atomic mass is 9.94. The van der Waals surface area contributed by atoms with Crippen LogP contribution in [0.2, 0.25) is 0 Å². The van der Waals surface area contributed by atoms with Crippen LogP contribution in [0.3, 0.4) is 0 Å². The lowest BCUT2D eigenvalue weighted by molar-refractivity contribution is -0.215. The van der Waals surface area contributed by atoms with Gasteiger partial charge in [-0.3, -0.25) is 14.5 Å². The molecule has 2 aliphatic rings. The molecule has 0 radical (unpaired) electrons. The van der Waals surface area contributed by atoms with Crippen LogP contribution in [-0.2, 0) is 38.1 Å². The molecule has 0 aromatic heterocycles. The second-order valence-electron chi connectivity index (χ2n) is 9.56. The van der Waals surface area contributed by atoms with E-state index in [1.165, 1.54) is 24.2 Å². The van der Waals surface area contributed by atoms with E-state index in [9.17, 15) is 19.2 Å². The number of ether oxygens (including phenoxy) is 4. The Hall–Kier alpha value is -2.46. The van der Waals surface area contributed by atoms with Gasteiger partial charge in [0.15, 0.2) is 0 Å². The Morgan fingerprint density at radius 2 is 1.91 bits per heavy atom. The molecule has 2 rings (SSSR count). The van der Waals surface area contributed by atoms with E-state index in [-0.39, 0.29) is 19.3 Å². The fourth-order valence-electron chi connectivity index (χ4n) is 4.23. The molecule has 2 heterocycles. The predicted molar refractivity (Wildman–Crippen MR) is 122 cm³/mol. The van der Waals surface area contributed by atoms with Crippen molar-refractivity contribution in [3.63, 3.8) is 0 Å². The summed E-state index contributed by atoms with van der Waals surface area (Å²) in [6, 6.07) is -1.84. The summed E-state index contributed by atoms with van der Waals surface area (Å²) in [5.41, 5.74) is -2.65. The molecule has 2 aliphatic heterocycles. The van der Waals surface area contributed by atoms with E-state index in [2.05, 4.69) is 0 Å². The van der Waals surface area contributed by atoms with Crippen molar-refractivity contribution >= 4 is 23.8 Å². The smallest absolute Gasteiger partial charge is 0.364 e. The molecule has 4 atom stereocenters. The van der Waals surface area contributed by atoms with Crippen LogP contribution in [0.15, 0.2) is 12.2 Å². The molecule has 0 spiro atoms. The number of likely N-dealkylation sites (tertiary alicyclic amines) is 1. The van der Waals surface area contributed by atoms with Crippen molar-refractivity contribution in [3.05, 3.63) is 12.2 Å². The molecule has 1 saturated heterocycles. The molecular weight excluding hydrogens is 444 g/mol. The Balaban J connectivity index is 2.48. The number of carbonyl (C=O) groups excluding carboxylic acids is 4. The Bertz CT molecular complexity index is 805. The summed E-state index contributed by atoms with van der Waals surface area (Å²) >= 11 is 0. The normalized spacial score (nSPS) is 24.3. The molecular formula is C24H38N2O8. The van der Waals surface area contributed by atoms with Gasteiger partial charge in [0.25, 0.3) is 5.72 Å². The fraction of sp³-hybridized carbons (Fsp3) is 0.750. The Morgan fingerprint density at radius 3 is 2.47 bits per heavy atom. The fourth-order valence-corrected chi connectivity index (χ4v) is 4.23. The molecule has 34 heavy (non-hydrogen) atoms. The monoisotopic (exact) mass is 482 g/mol. The number of nitrogens with zero attached hydrogens (tertiary/aromatic N) is 2. The maximum atomic E-state index is 14.0. The molecule has 0 aliphatic carbocycles. The third-order valence-corrected chi connectivity index (χ3v) is 5.94. The van der Waals surface area contributed by atoms with Gasteiger partial charge in [0, 0.05) is 19.7 Å². The maximum absolute atomic E-state index is 14.0. The zero-order chi connectivity index (χ0) is 25.7. The van der Waals surface area contributed by atoms with Crippen LogP contribution in [-0.4, -0.2) is 84.0 Å². The van der Waals surface area contributed by atoms with E-state index in [4.69, 9.17) is 18.9 Å². The van der Waals surface area contributed by atoms with Crippen molar-refractivity contribution < 1.29 is 38.1 Å². The summed E-state index contributed by atoms with van der Waals surface area (Å²) in [6.07, 6.45) is 4.12. The maximum Gasteiger partial charge on any atom is 0.364 e. The number of hydrogen-bond acceptors (Lipinski definition) is 8. The highest BCUT2D eigenvalue weighted by Gasteiger charge is 2.57. The average molecular weight is 483 g/mol. The van der Waals surface area contributed by atoms with E-state index >= 15 is 0 Å². The first-order valence-corrected chi connectivity index (χ1v) is 11.8. The van der Waals surface area contributed by atoms with E-state index in [1.807, 2.05) is 13.8 Å². The van der Waals surface area contributed by atoms with Gasteiger partial charge in [-0.25, -0.2) is 9.59 Å². The SMILES string of the molecule is CCOC(=O)[C@]1(OCOC)C=CC(=O)N1[C@H](C(=O)N1CCC[C@H]1C(=O)OC(C)(C)C)[C@@H](C)CC. The van der Waals surface area contributed by atoms with Crippen molar-refractivity contribution in [2.75, 3.05) is 27.1 Å². The quantitative estimate of drug-likeness (QED) is 0.343. The lowest BCUT2D eigenvalue weighted by Crippen LogP contribution is -2.65. The Labute approximate surface area is 201 Å². The van der Waals surface area contributed by atoms with Crippen molar-refractivity contribution in [1.82, 2.24) is 9.80 Å². The number of hydrogen-bond donors (Lipinski definition) is 0. The Kier molecular flexibility index (Phi) is 9.24. The second-order valence-corrected chi connectivity index (χ2v) is 9.56. The van der Waals surface area contributed by atoms with Gasteiger partial charge in [-0.05, 0) is 52.5 Å². The first-order chi connectivity index (χ1) is 15.9. The predicted octanol–water partition coefficient (Wildman–Crippen LogP) is 2.01. The first kappa shape index (κ1) is 27.8. The molecule has 10 nitrogen and oxygen atoms in total. The van der Waals surface area contributed by atoms with Crippen molar-refractivity contribution in [2.24, 2.45) is 5.92 Å². The standard InChI is InChI=1S/C24H38N2O8/c1-8-16(3)19(20(28)25-14-10-11-17(25)21(29)34-23(4,5)6)26-18(27)12-13-24(26,33-15-31-7)22(30)32-9-2/h12-13,16-17,19H,8-11,14-15H2,1-7H3/t16-,17-,19-,24+/m0/s1. The molecule has 1 fully saturated rings. The third kappa shape index (κ3) is 5.78. The summed E-state index contributed by atoms with van der Waals surface area (Å²) in [6.45, 7) is 10.7.